The van der Waals surface area contributed by atoms with E-state index >= 15 is 0 Å². The first-order valence-corrected chi connectivity index (χ1v) is 6.00. The number of carbonyl (C=O) groups is 1. The molecule has 0 heterocycles. The highest BCUT2D eigenvalue weighted by atomic mass is 19.2. The van der Waals surface area contributed by atoms with Gasteiger partial charge in [-0.05, 0) is 25.8 Å². The topological polar surface area (TPSA) is 98.3 Å². The Morgan fingerprint density at radius 3 is 2.70 bits per heavy atom. The van der Waals surface area contributed by atoms with E-state index in [4.69, 9.17) is 5.73 Å². The van der Waals surface area contributed by atoms with Crippen LogP contribution in [0.1, 0.15) is 26.2 Å². The van der Waals surface area contributed by atoms with Crippen LogP contribution in [0, 0.1) is 21.7 Å². The average Bonchev–Trinajstić information content (AvgIpc) is 2.34. The molecule has 8 heteroatoms. The van der Waals surface area contributed by atoms with Crippen molar-refractivity contribution in [1.82, 2.24) is 0 Å². The van der Waals surface area contributed by atoms with E-state index in [0.717, 1.165) is 6.07 Å². The van der Waals surface area contributed by atoms with E-state index in [0.29, 0.717) is 18.9 Å². The van der Waals surface area contributed by atoms with Gasteiger partial charge in [-0.3, -0.25) is 14.9 Å². The lowest BCUT2D eigenvalue weighted by Crippen LogP contribution is -2.18. The number of halogens is 2. The molecule has 0 aliphatic carbocycles. The van der Waals surface area contributed by atoms with Crippen LogP contribution in [-0.2, 0) is 4.79 Å². The molecule has 1 unspecified atom stereocenters. The van der Waals surface area contributed by atoms with Gasteiger partial charge in [0.25, 0.3) is 5.69 Å². The molecule has 0 aliphatic heterocycles. The zero-order chi connectivity index (χ0) is 15.3. The number of carbonyl (C=O) groups excluding carboxylic acids is 1. The molecule has 0 bridgehead atoms. The van der Waals surface area contributed by atoms with Gasteiger partial charge >= 0.3 is 0 Å². The monoisotopic (exact) mass is 287 g/mol. The lowest BCUT2D eigenvalue weighted by Gasteiger charge is -2.08. The maximum Gasteiger partial charge on any atom is 0.296 e. The number of nitrogens with two attached hydrogens (primary N) is 1. The van der Waals surface area contributed by atoms with Crippen molar-refractivity contribution in [3.63, 3.8) is 0 Å². The van der Waals surface area contributed by atoms with E-state index < -0.39 is 33.8 Å². The Kier molecular flexibility index (Phi) is 5.51. The molecule has 20 heavy (non-hydrogen) atoms. The summed E-state index contributed by atoms with van der Waals surface area (Å²) in [6.07, 6.45) is 1.06. The molecule has 0 radical (unpaired) electrons. The summed E-state index contributed by atoms with van der Waals surface area (Å²) in [6.45, 7) is 1.77. The first-order chi connectivity index (χ1) is 9.32. The Morgan fingerprint density at radius 2 is 2.15 bits per heavy atom. The minimum Gasteiger partial charge on any atom is -0.328 e. The quantitative estimate of drug-likeness (QED) is 0.619. The summed E-state index contributed by atoms with van der Waals surface area (Å²) in [6, 6.07) is 1.36. The number of hydrogen-bond donors (Lipinski definition) is 2. The van der Waals surface area contributed by atoms with Crippen molar-refractivity contribution in [1.29, 1.82) is 0 Å². The molecule has 0 spiro atoms. The van der Waals surface area contributed by atoms with E-state index in [1.54, 1.807) is 6.92 Å². The van der Waals surface area contributed by atoms with Gasteiger partial charge in [0.2, 0.25) is 5.91 Å². The number of benzene rings is 1. The number of rotatable bonds is 6. The number of nitrogens with one attached hydrogen (secondary N) is 1. The Labute approximate surface area is 114 Å². The van der Waals surface area contributed by atoms with Crippen LogP contribution in [-0.4, -0.2) is 16.9 Å². The first kappa shape index (κ1) is 16.0. The van der Waals surface area contributed by atoms with Crippen LogP contribution in [0.5, 0.6) is 0 Å². The van der Waals surface area contributed by atoms with E-state index in [1.165, 1.54) is 0 Å². The molecule has 0 saturated heterocycles. The second kappa shape index (κ2) is 6.90. The maximum atomic E-state index is 13.5. The van der Waals surface area contributed by atoms with Crippen LogP contribution in [0.4, 0.5) is 20.2 Å². The van der Waals surface area contributed by atoms with Gasteiger partial charge in [-0.25, -0.2) is 8.78 Å². The Morgan fingerprint density at radius 1 is 1.50 bits per heavy atom. The standard InChI is InChI=1S/C12H15F2N3O3/c1-7(15)3-2-4-10(18)16-12-9(17(19)20)6-5-8(13)11(12)14/h5-7H,2-4,15H2,1H3,(H,16,18). The summed E-state index contributed by atoms with van der Waals surface area (Å²) in [4.78, 5) is 21.4. The van der Waals surface area contributed by atoms with Crippen LogP contribution < -0.4 is 11.1 Å². The molecular formula is C12H15F2N3O3. The Balaban J connectivity index is 2.83. The van der Waals surface area contributed by atoms with E-state index in [-0.39, 0.29) is 12.5 Å². The highest BCUT2D eigenvalue weighted by molar-refractivity contribution is 5.93. The third-order valence-corrected chi connectivity index (χ3v) is 2.60. The summed E-state index contributed by atoms with van der Waals surface area (Å²) < 4.78 is 26.6. The number of hydrogen-bond acceptors (Lipinski definition) is 4. The zero-order valence-corrected chi connectivity index (χ0v) is 10.9. The number of nitro groups is 1. The number of amides is 1. The molecule has 6 nitrogen and oxygen atoms in total. The SMILES string of the molecule is CC(N)CCCC(=O)Nc1c([N+](=O)[O-])ccc(F)c1F. The fraction of sp³-hybridized carbons (Fsp3) is 0.417. The molecule has 1 atom stereocenters. The molecule has 1 amide bonds. The van der Waals surface area contributed by atoms with Crippen molar-refractivity contribution in [2.45, 2.75) is 32.2 Å². The van der Waals surface area contributed by atoms with Crippen LogP contribution >= 0.6 is 0 Å². The van der Waals surface area contributed by atoms with E-state index in [2.05, 4.69) is 0 Å². The van der Waals surface area contributed by atoms with Gasteiger partial charge in [0.1, 0.15) is 0 Å². The normalized spacial score (nSPS) is 12.0. The van der Waals surface area contributed by atoms with Crippen LogP contribution in [0.2, 0.25) is 0 Å². The summed E-state index contributed by atoms with van der Waals surface area (Å²) >= 11 is 0. The van der Waals surface area contributed by atoms with Crippen LogP contribution in [0.25, 0.3) is 0 Å². The van der Waals surface area contributed by atoms with E-state index in [9.17, 15) is 23.7 Å². The third kappa shape index (κ3) is 4.23. The lowest BCUT2D eigenvalue weighted by molar-refractivity contribution is -0.384. The van der Waals surface area contributed by atoms with Gasteiger partial charge in [0.15, 0.2) is 17.3 Å². The number of anilines is 1. The van der Waals surface area contributed by atoms with Gasteiger partial charge in [0.05, 0.1) is 4.92 Å². The van der Waals surface area contributed by atoms with Crippen molar-refractivity contribution >= 4 is 17.3 Å². The summed E-state index contributed by atoms with van der Waals surface area (Å²) in [5.41, 5.74) is 4.07. The second-order valence-corrected chi connectivity index (χ2v) is 4.43. The van der Waals surface area contributed by atoms with Crippen molar-refractivity contribution in [3.05, 3.63) is 33.9 Å². The molecule has 0 aliphatic rings. The number of nitrogens with zero attached hydrogens (tertiary/aromatic N) is 1. The predicted octanol–water partition coefficient (Wildman–Crippen LogP) is 2.33. The minimum atomic E-state index is -1.44. The zero-order valence-electron chi connectivity index (χ0n) is 10.9. The fourth-order valence-electron chi connectivity index (χ4n) is 1.60. The fourth-order valence-corrected chi connectivity index (χ4v) is 1.60. The van der Waals surface area contributed by atoms with Gasteiger partial charge < -0.3 is 11.1 Å². The summed E-state index contributed by atoms with van der Waals surface area (Å²) in [5, 5.41) is 12.8. The van der Waals surface area contributed by atoms with Crippen LogP contribution in [0.15, 0.2) is 12.1 Å². The second-order valence-electron chi connectivity index (χ2n) is 4.43. The summed E-state index contributed by atoms with van der Waals surface area (Å²) in [5.74, 6) is -3.33. The average molecular weight is 287 g/mol. The molecule has 1 aromatic carbocycles. The van der Waals surface area contributed by atoms with Crippen molar-refractivity contribution < 1.29 is 18.5 Å². The highest BCUT2D eigenvalue weighted by Gasteiger charge is 2.23. The Hall–Kier alpha value is -2.09. The molecule has 110 valence electrons. The maximum absolute atomic E-state index is 13.5. The third-order valence-electron chi connectivity index (χ3n) is 2.60. The number of nitro benzene ring substituents is 1. The van der Waals surface area contributed by atoms with Crippen molar-refractivity contribution in [3.8, 4) is 0 Å². The van der Waals surface area contributed by atoms with Crippen molar-refractivity contribution in [2.24, 2.45) is 5.73 Å². The van der Waals surface area contributed by atoms with Gasteiger partial charge in [-0.2, -0.15) is 0 Å². The summed E-state index contributed by atoms with van der Waals surface area (Å²) in [7, 11) is 0. The Bertz CT molecular complexity index is 521. The smallest absolute Gasteiger partial charge is 0.296 e. The molecule has 3 N–H and O–H groups in total. The molecule has 0 saturated carbocycles. The van der Waals surface area contributed by atoms with Gasteiger partial charge in [-0.15, -0.1) is 0 Å². The molecular weight excluding hydrogens is 272 g/mol. The van der Waals surface area contributed by atoms with Gasteiger partial charge in [-0.1, -0.05) is 0 Å². The molecule has 1 aromatic rings. The molecule has 0 fully saturated rings. The predicted molar refractivity (Wildman–Crippen MR) is 69.1 cm³/mol. The van der Waals surface area contributed by atoms with E-state index in [1.807, 2.05) is 5.32 Å². The first-order valence-electron chi connectivity index (χ1n) is 6.00. The lowest BCUT2D eigenvalue weighted by atomic mass is 10.1. The van der Waals surface area contributed by atoms with Crippen LogP contribution in [0.3, 0.4) is 0 Å². The largest absolute Gasteiger partial charge is 0.328 e. The van der Waals surface area contributed by atoms with Crippen molar-refractivity contribution in [2.75, 3.05) is 5.32 Å². The molecule has 1 rings (SSSR count). The minimum absolute atomic E-state index is 0.0225. The molecule has 0 aromatic heterocycles. The van der Waals surface area contributed by atoms with Gasteiger partial charge in [0, 0.05) is 18.5 Å². The highest BCUT2D eigenvalue weighted by Crippen LogP contribution is 2.29.